The average Bonchev–Trinajstić information content (AvgIpc) is 2.09. The number of nitrogens with one attached hydrogen (secondary N) is 1. The Bertz CT molecular complexity index is 158. The van der Waals surface area contributed by atoms with Gasteiger partial charge in [0.15, 0.2) is 0 Å². The molecular weight excluding hydrogens is 168 g/mol. The van der Waals surface area contributed by atoms with Crippen LogP contribution in [0.4, 0.5) is 0 Å². The van der Waals surface area contributed by atoms with Crippen LogP contribution in [0.5, 0.6) is 0 Å². The monoisotopic (exact) mass is 188 g/mol. The molecule has 13 heavy (non-hydrogen) atoms. The van der Waals surface area contributed by atoms with Crippen LogP contribution in [-0.4, -0.2) is 44.2 Å². The van der Waals surface area contributed by atoms with Crippen LogP contribution in [0.2, 0.25) is 0 Å². The highest BCUT2D eigenvalue weighted by atomic mass is 16.5. The summed E-state index contributed by atoms with van der Waals surface area (Å²) in [5.41, 5.74) is 2.56. The molecule has 0 saturated carbocycles. The summed E-state index contributed by atoms with van der Waals surface area (Å²) in [6, 6.07) is 0.232. The number of aliphatic imine (C=N–C) groups is 1. The maximum Gasteiger partial charge on any atom is 0.208 e. The number of hydrazine groups is 1. The van der Waals surface area contributed by atoms with Crippen molar-refractivity contribution in [3.63, 3.8) is 0 Å². The predicted octanol–water partition coefficient (Wildman–Crippen LogP) is -0.208. The molecule has 0 fully saturated rings. The molecule has 5 nitrogen and oxygen atoms in total. The molecule has 0 amide bonds. The lowest BCUT2D eigenvalue weighted by Gasteiger charge is -2.20. The molecule has 0 radical (unpaired) electrons. The van der Waals surface area contributed by atoms with Crippen LogP contribution in [-0.2, 0) is 4.74 Å². The van der Waals surface area contributed by atoms with E-state index in [0.29, 0.717) is 12.6 Å². The number of nitrogens with zero attached hydrogens (tertiary/aromatic N) is 2. The largest absolute Gasteiger partial charge is 0.383 e. The molecule has 0 spiro atoms. The van der Waals surface area contributed by atoms with Gasteiger partial charge in [-0.1, -0.05) is 0 Å². The Hall–Kier alpha value is -0.810. The molecule has 5 heteroatoms. The van der Waals surface area contributed by atoms with Crippen molar-refractivity contribution in [3.05, 3.63) is 0 Å². The van der Waals surface area contributed by atoms with E-state index in [2.05, 4.69) is 10.4 Å². The van der Waals surface area contributed by atoms with E-state index in [0.717, 1.165) is 6.54 Å². The normalized spacial score (nSPS) is 12.0. The van der Waals surface area contributed by atoms with E-state index in [9.17, 15) is 0 Å². The van der Waals surface area contributed by atoms with Gasteiger partial charge in [0.25, 0.3) is 0 Å². The summed E-state index contributed by atoms with van der Waals surface area (Å²) in [5, 5.41) is 0. The molecule has 0 aliphatic carbocycles. The van der Waals surface area contributed by atoms with Crippen LogP contribution in [0.15, 0.2) is 4.99 Å². The summed E-state index contributed by atoms with van der Waals surface area (Å²) in [6.07, 6.45) is 0. The molecule has 0 rings (SSSR count). The maximum atomic E-state index is 5.33. The van der Waals surface area contributed by atoms with E-state index in [1.54, 1.807) is 7.11 Å². The molecule has 78 valence electrons. The summed E-state index contributed by atoms with van der Waals surface area (Å²) < 4.78 is 4.95. The first-order valence-electron chi connectivity index (χ1n) is 4.36. The number of guanidine groups is 1. The van der Waals surface area contributed by atoms with Crippen molar-refractivity contribution in [2.24, 2.45) is 10.8 Å². The number of likely N-dealkylation sites (N-methyl/N-ethyl adjacent to an activating group) is 1. The standard InChI is InChI=1S/C8H20N4O/c1-7(2)10-8(11-9)12(3)5-6-13-4/h7H,5-6,9H2,1-4H3,(H,10,11). The zero-order valence-electron chi connectivity index (χ0n) is 8.87. The highest BCUT2D eigenvalue weighted by Gasteiger charge is 2.04. The van der Waals surface area contributed by atoms with E-state index < -0.39 is 0 Å². The summed E-state index contributed by atoms with van der Waals surface area (Å²) in [7, 11) is 3.59. The van der Waals surface area contributed by atoms with Gasteiger partial charge < -0.3 is 9.64 Å². The van der Waals surface area contributed by atoms with Crippen molar-refractivity contribution in [2.75, 3.05) is 27.3 Å². The molecule has 0 bridgehead atoms. The third kappa shape index (κ3) is 5.43. The first-order valence-corrected chi connectivity index (χ1v) is 4.36. The summed E-state index contributed by atoms with van der Waals surface area (Å²) >= 11 is 0. The van der Waals surface area contributed by atoms with Crippen molar-refractivity contribution in [1.29, 1.82) is 0 Å². The van der Waals surface area contributed by atoms with Gasteiger partial charge in [-0.25, -0.2) is 10.8 Å². The van der Waals surface area contributed by atoms with Gasteiger partial charge in [-0.05, 0) is 13.8 Å². The lowest BCUT2D eigenvalue weighted by molar-refractivity contribution is 0.181. The van der Waals surface area contributed by atoms with E-state index in [1.807, 2.05) is 25.8 Å². The number of hydrogen-bond acceptors (Lipinski definition) is 3. The number of methoxy groups -OCH3 is 1. The van der Waals surface area contributed by atoms with Crippen LogP contribution in [0.25, 0.3) is 0 Å². The molecule has 0 aromatic rings. The van der Waals surface area contributed by atoms with Gasteiger partial charge in [0.2, 0.25) is 5.96 Å². The van der Waals surface area contributed by atoms with E-state index in [4.69, 9.17) is 10.6 Å². The Morgan fingerprint density at radius 1 is 1.62 bits per heavy atom. The minimum absolute atomic E-state index is 0.232. The van der Waals surface area contributed by atoms with Crippen molar-refractivity contribution < 1.29 is 4.74 Å². The number of hydrogen-bond donors (Lipinski definition) is 2. The smallest absolute Gasteiger partial charge is 0.208 e. The fraction of sp³-hybridized carbons (Fsp3) is 0.875. The van der Waals surface area contributed by atoms with Crippen molar-refractivity contribution in [1.82, 2.24) is 10.3 Å². The van der Waals surface area contributed by atoms with E-state index >= 15 is 0 Å². The Morgan fingerprint density at radius 3 is 2.62 bits per heavy atom. The molecule has 0 aliphatic heterocycles. The van der Waals surface area contributed by atoms with E-state index in [1.165, 1.54) is 0 Å². The number of nitrogens with two attached hydrogens (primary N) is 1. The molecule has 0 aromatic heterocycles. The van der Waals surface area contributed by atoms with Crippen LogP contribution in [0, 0.1) is 0 Å². The van der Waals surface area contributed by atoms with Crippen LogP contribution in [0.3, 0.4) is 0 Å². The maximum absolute atomic E-state index is 5.33. The highest BCUT2D eigenvalue weighted by Crippen LogP contribution is 1.90. The topological polar surface area (TPSA) is 62.9 Å². The number of rotatable bonds is 4. The third-order valence-electron chi connectivity index (χ3n) is 1.50. The van der Waals surface area contributed by atoms with E-state index in [-0.39, 0.29) is 6.04 Å². The zero-order chi connectivity index (χ0) is 10.3. The highest BCUT2D eigenvalue weighted by molar-refractivity contribution is 5.79. The van der Waals surface area contributed by atoms with Gasteiger partial charge >= 0.3 is 0 Å². The van der Waals surface area contributed by atoms with Crippen LogP contribution in [0.1, 0.15) is 13.8 Å². The Kier molecular flexibility index (Phi) is 6.26. The van der Waals surface area contributed by atoms with Gasteiger partial charge in [0.05, 0.1) is 6.61 Å². The summed E-state index contributed by atoms with van der Waals surface area (Å²) in [6.45, 7) is 5.44. The average molecular weight is 188 g/mol. The van der Waals surface area contributed by atoms with Crippen molar-refractivity contribution in [3.8, 4) is 0 Å². The van der Waals surface area contributed by atoms with Crippen molar-refractivity contribution in [2.45, 2.75) is 19.9 Å². The van der Waals surface area contributed by atoms with Gasteiger partial charge in [-0.3, -0.25) is 5.43 Å². The van der Waals surface area contributed by atoms with Gasteiger partial charge in [-0.2, -0.15) is 0 Å². The second-order valence-corrected chi connectivity index (χ2v) is 3.11. The molecule has 0 heterocycles. The van der Waals surface area contributed by atoms with Crippen LogP contribution >= 0.6 is 0 Å². The minimum Gasteiger partial charge on any atom is -0.383 e. The Balaban J connectivity index is 4.06. The fourth-order valence-electron chi connectivity index (χ4n) is 0.825. The quantitative estimate of drug-likeness (QED) is 0.277. The third-order valence-corrected chi connectivity index (χ3v) is 1.50. The Morgan fingerprint density at radius 2 is 2.23 bits per heavy atom. The molecule has 0 aromatic carbocycles. The molecule has 3 N–H and O–H groups in total. The molecule has 0 saturated heterocycles. The van der Waals surface area contributed by atoms with Gasteiger partial charge in [0.1, 0.15) is 0 Å². The molecular formula is C8H20N4O. The number of ether oxygens (including phenoxy) is 1. The Labute approximate surface area is 79.9 Å². The molecule has 0 atom stereocenters. The lowest BCUT2D eigenvalue weighted by atomic mass is 10.4. The SMILES string of the molecule is COCCN(C)C(=NC(C)C)NN. The molecule has 0 aliphatic rings. The van der Waals surface area contributed by atoms with Gasteiger partial charge in [-0.15, -0.1) is 0 Å². The lowest BCUT2D eigenvalue weighted by Crippen LogP contribution is -2.44. The second-order valence-electron chi connectivity index (χ2n) is 3.11. The van der Waals surface area contributed by atoms with Crippen LogP contribution < -0.4 is 11.3 Å². The predicted molar refractivity (Wildman–Crippen MR) is 54.4 cm³/mol. The first-order chi connectivity index (χ1) is 6.11. The van der Waals surface area contributed by atoms with Crippen molar-refractivity contribution >= 4 is 5.96 Å². The zero-order valence-corrected chi connectivity index (χ0v) is 8.87. The first kappa shape index (κ1) is 12.2. The summed E-state index contributed by atoms with van der Waals surface area (Å²) in [4.78, 5) is 6.22. The van der Waals surface area contributed by atoms with Gasteiger partial charge in [0, 0.05) is 26.7 Å². The summed E-state index contributed by atoms with van der Waals surface area (Å²) in [5.74, 6) is 6.02. The fourth-order valence-corrected chi connectivity index (χ4v) is 0.825. The minimum atomic E-state index is 0.232. The second kappa shape index (κ2) is 6.68. The molecule has 0 unspecified atom stereocenters.